The van der Waals surface area contributed by atoms with E-state index in [1.165, 1.54) is 10.5 Å². The fraction of sp³-hybridized carbons (Fsp3) is 0.462. The molecule has 0 spiro atoms. The lowest BCUT2D eigenvalue weighted by Gasteiger charge is -2.40. The van der Waals surface area contributed by atoms with E-state index in [0.717, 1.165) is 43.8 Å². The summed E-state index contributed by atoms with van der Waals surface area (Å²) in [7, 11) is 1.67. The quantitative estimate of drug-likeness (QED) is 0.630. The van der Waals surface area contributed by atoms with Crippen LogP contribution >= 0.6 is 0 Å². The maximum Gasteiger partial charge on any atom is 0.325 e. The summed E-state index contributed by atoms with van der Waals surface area (Å²) in [5.74, 6) is 2.18. The SMILES string of the molecule is CC[C@]1(C2CCN(Cc3ccc(OC)cc3)CC2)NC(=O)N(Cc2ccc3c(c2)OCO3)C1=O. The Kier molecular flexibility index (Phi) is 6.08. The average molecular weight is 466 g/mol. The molecule has 2 aromatic carbocycles. The minimum Gasteiger partial charge on any atom is -0.497 e. The summed E-state index contributed by atoms with van der Waals surface area (Å²) in [4.78, 5) is 30.3. The average Bonchev–Trinajstić information content (AvgIpc) is 3.43. The first-order chi connectivity index (χ1) is 16.5. The molecule has 3 aliphatic rings. The van der Waals surface area contributed by atoms with Crippen molar-refractivity contribution in [3.05, 3.63) is 53.6 Å². The highest BCUT2D eigenvalue weighted by atomic mass is 16.7. The molecule has 34 heavy (non-hydrogen) atoms. The first kappa shape index (κ1) is 22.5. The number of hydrogen-bond donors (Lipinski definition) is 1. The minimum atomic E-state index is -0.834. The summed E-state index contributed by atoms with van der Waals surface area (Å²) < 4.78 is 16.0. The molecule has 1 N–H and O–H groups in total. The summed E-state index contributed by atoms with van der Waals surface area (Å²) in [6, 6.07) is 13.4. The molecule has 3 amide bonds. The zero-order valence-corrected chi connectivity index (χ0v) is 19.7. The van der Waals surface area contributed by atoms with Crippen LogP contribution in [0, 0.1) is 5.92 Å². The van der Waals surface area contributed by atoms with Gasteiger partial charge in [0.2, 0.25) is 6.79 Å². The molecule has 2 saturated heterocycles. The van der Waals surface area contributed by atoms with Crippen molar-refractivity contribution in [1.82, 2.24) is 15.1 Å². The van der Waals surface area contributed by atoms with Crippen molar-refractivity contribution in [3.8, 4) is 17.2 Å². The molecule has 1 atom stereocenters. The van der Waals surface area contributed by atoms with E-state index in [9.17, 15) is 9.59 Å². The van der Waals surface area contributed by atoms with Gasteiger partial charge in [0.25, 0.3) is 5.91 Å². The maximum atomic E-state index is 13.6. The zero-order valence-electron chi connectivity index (χ0n) is 19.7. The van der Waals surface area contributed by atoms with E-state index in [1.807, 2.05) is 37.3 Å². The van der Waals surface area contributed by atoms with E-state index in [4.69, 9.17) is 14.2 Å². The molecule has 0 saturated carbocycles. The van der Waals surface area contributed by atoms with Crippen molar-refractivity contribution in [2.75, 3.05) is 27.0 Å². The second-order valence-corrected chi connectivity index (χ2v) is 9.23. The van der Waals surface area contributed by atoms with Crippen LogP contribution in [0.4, 0.5) is 4.79 Å². The maximum absolute atomic E-state index is 13.6. The van der Waals surface area contributed by atoms with Gasteiger partial charge in [-0.15, -0.1) is 0 Å². The smallest absolute Gasteiger partial charge is 0.325 e. The van der Waals surface area contributed by atoms with Crippen molar-refractivity contribution in [3.63, 3.8) is 0 Å². The number of likely N-dealkylation sites (tertiary alicyclic amines) is 1. The Morgan fingerprint density at radius 3 is 2.41 bits per heavy atom. The molecule has 2 fully saturated rings. The third kappa shape index (κ3) is 4.07. The van der Waals surface area contributed by atoms with Gasteiger partial charge in [0, 0.05) is 6.54 Å². The fourth-order valence-electron chi connectivity index (χ4n) is 5.39. The van der Waals surface area contributed by atoms with Gasteiger partial charge < -0.3 is 19.5 Å². The Labute approximate surface area is 199 Å². The zero-order chi connectivity index (χ0) is 23.7. The fourth-order valence-corrected chi connectivity index (χ4v) is 5.39. The summed E-state index contributed by atoms with van der Waals surface area (Å²) in [5.41, 5.74) is 1.25. The highest BCUT2D eigenvalue weighted by molar-refractivity contribution is 6.07. The molecular formula is C26H31N3O5. The number of benzene rings is 2. The van der Waals surface area contributed by atoms with Gasteiger partial charge in [0.1, 0.15) is 11.3 Å². The van der Waals surface area contributed by atoms with E-state index in [0.29, 0.717) is 17.9 Å². The Morgan fingerprint density at radius 1 is 1.00 bits per heavy atom. The lowest BCUT2D eigenvalue weighted by Crippen LogP contribution is -2.55. The number of urea groups is 1. The topological polar surface area (TPSA) is 80.3 Å². The van der Waals surface area contributed by atoms with Gasteiger partial charge >= 0.3 is 6.03 Å². The standard InChI is InChI=1S/C26H31N3O5/c1-3-26(20-10-12-28(13-11-20)15-18-4-7-21(32-2)8-5-18)24(30)29(25(31)27-26)16-19-6-9-22-23(14-19)34-17-33-22/h4-9,14,20H,3,10-13,15-17H2,1-2H3,(H,27,31)/t26-/m1/s1. The van der Waals surface area contributed by atoms with Gasteiger partial charge in [-0.2, -0.15) is 0 Å². The molecule has 8 nitrogen and oxygen atoms in total. The highest BCUT2D eigenvalue weighted by Gasteiger charge is 2.54. The van der Waals surface area contributed by atoms with Crippen molar-refractivity contribution in [2.45, 2.75) is 44.8 Å². The Hall–Kier alpha value is -3.26. The molecule has 0 aromatic heterocycles. The second-order valence-electron chi connectivity index (χ2n) is 9.23. The first-order valence-corrected chi connectivity index (χ1v) is 11.9. The molecule has 8 heteroatoms. The third-order valence-corrected chi connectivity index (χ3v) is 7.39. The molecule has 3 aliphatic heterocycles. The summed E-state index contributed by atoms with van der Waals surface area (Å²) >= 11 is 0. The molecule has 0 bridgehead atoms. The Bertz CT molecular complexity index is 1060. The number of carbonyl (C=O) groups is 2. The van der Waals surface area contributed by atoms with Crippen LogP contribution in [-0.4, -0.2) is 54.3 Å². The molecule has 0 unspecified atom stereocenters. The van der Waals surface area contributed by atoms with Crippen LogP contribution in [-0.2, 0) is 17.9 Å². The van der Waals surface area contributed by atoms with Gasteiger partial charge in [0.05, 0.1) is 13.7 Å². The molecule has 5 rings (SSSR count). The highest BCUT2D eigenvalue weighted by Crippen LogP contribution is 2.38. The van der Waals surface area contributed by atoms with Crippen LogP contribution in [0.3, 0.4) is 0 Å². The number of carbonyl (C=O) groups excluding carboxylic acids is 2. The van der Waals surface area contributed by atoms with Gasteiger partial charge in [-0.05, 0) is 73.7 Å². The molecule has 0 radical (unpaired) electrons. The molecule has 2 aromatic rings. The van der Waals surface area contributed by atoms with Crippen LogP contribution in [0.15, 0.2) is 42.5 Å². The lowest BCUT2D eigenvalue weighted by atomic mass is 9.75. The van der Waals surface area contributed by atoms with Crippen molar-refractivity contribution < 1.29 is 23.8 Å². The number of hydrogen-bond acceptors (Lipinski definition) is 6. The van der Waals surface area contributed by atoms with E-state index in [2.05, 4.69) is 22.3 Å². The third-order valence-electron chi connectivity index (χ3n) is 7.39. The Morgan fingerprint density at radius 2 is 1.71 bits per heavy atom. The number of amides is 3. The predicted molar refractivity (Wildman–Crippen MR) is 126 cm³/mol. The normalized spacial score (nSPS) is 22.8. The number of imide groups is 1. The largest absolute Gasteiger partial charge is 0.497 e. The number of nitrogens with one attached hydrogen (secondary N) is 1. The van der Waals surface area contributed by atoms with Crippen molar-refractivity contribution in [2.24, 2.45) is 5.92 Å². The minimum absolute atomic E-state index is 0.114. The number of rotatable bonds is 7. The molecule has 3 heterocycles. The number of fused-ring (bicyclic) bond motifs is 1. The summed E-state index contributed by atoms with van der Waals surface area (Å²) in [6.45, 7) is 5.06. The Balaban J connectivity index is 1.23. The van der Waals surface area contributed by atoms with E-state index >= 15 is 0 Å². The van der Waals surface area contributed by atoms with Crippen LogP contribution < -0.4 is 19.5 Å². The molecular weight excluding hydrogens is 434 g/mol. The molecule has 0 aliphatic carbocycles. The van der Waals surface area contributed by atoms with Crippen LogP contribution in [0.25, 0.3) is 0 Å². The first-order valence-electron chi connectivity index (χ1n) is 11.9. The second kappa shape index (κ2) is 9.18. The number of nitrogens with zero attached hydrogens (tertiary/aromatic N) is 2. The molecule has 180 valence electrons. The van der Waals surface area contributed by atoms with Gasteiger partial charge in [-0.25, -0.2) is 4.79 Å². The van der Waals surface area contributed by atoms with Gasteiger partial charge in [-0.1, -0.05) is 25.1 Å². The van der Waals surface area contributed by atoms with Crippen LogP contribution in [0.1, 0.15) is 37.3 Å². The predicted octanol–water partition coefficient (Wildman–Crippen LogP) is 3.54. The van der Waals surface area contributed by atoms with Gasteiger partial charge in [-0.3, -0.25) is 14.6 Å². The number of ether oxygens (including phenoxy) is 3. The van der Waals surface area contributed by atoms with Gasteiger partial charge in [0.15, 0.2) is 11.5 Å². The van der Waals surface area contributed by atoms with E-state index in [-0.39, 0.29) is 31.2 Å². The van der Waals surface area contributed by atoms with Crippen molar-refractivity contribution >= 4 is 11.9 Å². The summed E-state index contributed by atoms with van der Waals surface area (Å²) in [5, 5.41) is 3.09. The number of methoxy groups -OCH3 is 1. The van der Waals surface area contributed by atoms with Crippen LogP contribution in [0.2, 0.25) is 0 Å². The number of piperidine rings is 1. The monoisotopic (exact) mass is 465 g/mol. The lowest BCUT2D eigenvalue weighted by molar-refractivity contribution is -0.134. The summed E-state index contributed by atoms with van der Waals surface area (Å²) in [6.07, 6.45) is 2.32. The van der Waals surface area contributed by atoms with E-state index in [1.54, 1.807) is 7.11 Å². The van der Waals surface area contributed by atoms with E-state index < -0.39 is 5.54 Å². The van der Waals surface area contributed by atoms with Crippen LogP contribution in [0.5, 0.6) is 17.2 Å². The van der Waals surface area contributed by atoms with Crippen molar-refractivity contribution in [1.29, 1.82) is 0 Å².